The van der Waals surface area contributed by atoms with Crippen LogP contribution in [0.2, 0.25) is 0 Å². The summed E-state index contributed by atoms with van der Waals surface area (Å²) in [4.78, 5) is 11.1. The van der Waals surface area contributed by atoms with Gasteiger partial charge in [-0.3, -0.25) is 0 Å². The number of rotatable bonds is 1. The normalized spacial score (nSPS) is 18.3. The number of benzene rings is 1. The Morgan fingerprint density at radius 1 is 1.27 bits per heavy atom. The Morgan fingerprint density at radius 2 is 1.86 bits per heavy atom. The molecule has 1 atom stereocenters. The first-order valence-electron chi connectivity index (χ1n) is 6.43. The molecule has 1 aromatic carbocycles. The monoisotopic (exact) mass is 378 g/mol. The number of carboxylic acid groups (broad SMARTS) is 1. The van der Waals surface area contributed by atoms with E-state index in [1.807, 2.05) is 20.8 Å². The number of aliphatic carboxylic acids is 1. The molecular formula is C15H14BrF3O3. The maximum atomic E-state index is 13.0. The Hall–Kier alpha value is -1.50. The molecule has 22 heavy (non-hydrogen) atoms. The third kappa shape index (κ3) is 3.14. The van der Waals surface area contributed by atoms with Crippen molar-refractivity contribution in [3.63, 3.8) is 0 Å². The molecule has 1 N–H and O–H groups in total. The van der Waals surface area contributed by atoms with Crippen LogP contribution in [0.5, 0.6) is 5.75 Å². The van der Waals surface area contributed by atoms with Crippen molar-refractivity contribution in [3.8, 4) is 5.75 Å². The van der Waals surface area contributed by atoms with Gasteiger partial charge in [-0.15, -0.1) is 0 Å². The van der Waals surface area contributed by atoms with Crippen LogP contribution in [-0.4, -0.2) is 23.4 Å². The third-order valence-electron chi connectivity index (χ3n) is 3.29. The van der Waals surface area contributed by atoms with E-state index in [0.717, 1.165) is 11.6 Å². The van der Waals surface area contributed by atoms with Gasteiger partial charge < -0.3 is 9.84 Å². The molecule has 0 aromatic heterocycles. The zero-order valence-corrected chi connectivity index (χ0v) is 13.7. The number of alkyl halides is 3. The highest BCUT2D eigenvalue weighted by molar-refractivity contribution is 9.10. The van der Waals surface area contributed by atoms with E-state index in [1.165, 1.54) is 6.07 Å². The van der Waals surface area contributed by atoms with E-state index < -0.39 is 23.8 Å². The van der Waals surface area contributed by atoms with E-state index in [2.05, 4.69) is 15.9 Å². The Labute approximate surface area is 133 Å². The SMILES string of the molecule is CC(C)(C)c1cc2c(cc1Br)C=C(C(=O)O)C(C(F)(F)F)O2. The van der Waals surface area contributed by atoms with Crippen molar-refractivity contribution in [2.24, 2.45) is 0 Å². The van der Waals surface area contributed by atoms with Crippen molar-refractivity contribution in [1.29, 1.82) is 0 Å². The lowest BCUT2D eigenvalue weighted by Gasteiger charge is -2.29. The molecule has 0 spiro atoms. The summed E-state index contributed by atoms with van der Waals surface area (Å²) in [6, 6.07) is 3.10. The molecule has 0 saturated carbocycles. The maximum Gasteiger partial charge on any atom is 0.430 e. The molecule has 0 saturated heterocycles. The standard InChI is InChI=1S/C15H14BrF3O3/c1-14(2,3)9-6-11-7(5-10(9)16)4-8(13(20)21)12(22-11)15(17,18)19/h4-6,12H,1-3H3,(H,20,21). The average molecular weight is 379 g/mol. The van der Waals surface area contributed by atoms with Gasteiger partial charge >= 0.3 is 12.1 Å². The predicted molar refractivity (Wildman–Crippen MR) is 78.9 cm³/mol. The second-order valence-corrected chi connectivity index (χ2v) is 6.92. The van der Waals surface area contributed by atoms with Gasteiger partial charge in [0.25, 0.3) is 0 Å². The molecular weight excluding hydrogens is 365 g/mol. The number of fused-ring (bicyclic) bond motifs is 1. The van der Waals surface area contributed by atoms with E-state index in [0.29, 0.717) is 10.0 Å². The Bertz CT molecular complexity index is 657. The Balaban J connectivity index is 2.61. The fraction of sp³-hybridized carbons (Fsp3) is 0.400. The van der Waals surface area contributed by atoms with E-state index >= 15 is 0 Å². The Kier molecular flexibility index (Phi) is 4.06. The molecule has 1 unspecified atom stereocenters. The third-order valence-corrected chi connectivity index (χ3v) is 3.95. The summed E-state index contributed by atoms with van der Waals surface area (Å²) in [7, 11) is 0. The lowest BCUT2D eigenvalue weighted by atomic mass is 9.85. The minimum atomic E-state index is -4.79. The molecule has 0 radical (unpaired) electrons. The molecule has 1 aromatic rings. The molecule has 0 aliphatic carbocycles. The molecule has 1 heterocycles. The van der Waals surface area contributed by atoms with Crippen molar-refractivity contribution < 1.29 is 27.8 Å². The first-order chi connectivity index (χ1) is 9.91. The summed E-state index contributed by atoms with van der Waals surface area (Å²) in [5, 5.41) is 8.99. The van der Waals surface area contributed by atoms with E-state index in [9.17, 15) is 18.0 Å². The van der Waals surface area contributed by atoms with Crippen molar-refractivity contribution in [1.82, 2.24) is 0 Å². The number of hydrogen-bond acceptors (Lipinski definition) is 2. The lowest BCUT2D eigenvalue weighted by Crippen LogP contribution is -2.40. The highest BCUT2D eigenvalue weighted by Crippen LogP contribution is 2.41. The number of carbonyl (C=O) groups is 1. The van der Waals surface area contributed by atoms with Gasteiger partial charge in [-0.25, -0.2) is 4.79 Å². The zero-order chi connectivity index (χ0) is 16.9. The quantitative estimate of drug-likeness (QED) is 0.780. The number of halogens is 4. The van der Waals surface area contributed by atoms with Crippen LogP contribution < -0.4 is 4.74 Å². The second kappa shape index (κ2) is 5.30. The van der Waals surface area contributed by atoms with Gasteiger partial charge in [0.15, 0.2) is 0 Å². The van der Waals surface area contributed by atoms with Gasteiger partial charge in [-0.1, -0.05) is 36.7 Å². The van der Waals surface area contributed by atoms with Gasteiger partial charge in [0.1, 0.15) is 5.75 Å². The van der Waals surface area contributed by atoms with Crippen LogP contribution in [0.3, 0.4) is 0 Å². The molecule has 2 rings (SSSR count). The van der Waals surface area contributed by atoms with Crippen LogP contribution >= 0.6 is 15.9 Å². The predicted octanol–water partition coefficient (Wildman–Crippen LogP) is 4.54. The topological polar surface area (TPSA) is 46.5 Å². The van der Waals surface area contributed by atoms with Crippen LogP contribution in [0.1, 0.15) is 31.9 Å². The van der Waals surface area contributed by atoms with Crippen LogP contribution in [0.4, 0.5) is 13.2 Å². The van der Waals surface area contributed by atoms with Crippen LogP contribution in [-0.2, 0) is 10.2 Å². The van der Waals surface area contributed by atoms with E-state index in [1.54, 1.807) is 6.07 Å². The molecule has 1 aliphatic heterocycles. The molecule has 1 aliphatic rings. The van der Waals surface area contributed by atoms with Crippen LogP contribution in [0.15, 0.2) is 22.2 Å². The van der Waals surface area contributed by atoms with Gasteiger partial charge in [0.2, 0.25) is 6.10 Å². The summed E-state index contributed by atoms with van der Waals surface area (Å²) in [5.41, 5.74) is -0.0469. The zero-order valence-electron chi connectivity index (χ0n) is 12.1. The van der Waals surface area contributed by atoms with Crippen molar-refractivity contribution in [2.75, 3.05) is 0 Å². The van der Waals surface area contributed by atoms with Crippen molar-refractivity contribution in [3.05, 3.63) is 33.3 Å². The first-order valence-corrected chi connectivity index (χ1v) is 7.23. The molecule has 0 fully saturated rings. The van der Waals surface area contributed by atoms with Gasteiger partial charge in [0, 0.05) is 10.0 Å². The highest BCUT2D eigenvalue weighted by atomic mass is 79.9. The fourth-order valence-electron chi connectivity index (χ4n) is 2.21. The van der Waals surface area contributed by atoms with E-state index in [-0.39, 0.29) is 11.2 Å². The summed E-state index contributed by atoms with van der Waals surface area (Å²) >= 11 is 3.37. The Morgan fingerprint density at radius 3 is 2.32 bits per heavy atom. The van der Waals surface area contributed by atoms with Gasteiger partial charge in [-0.2, -0.15) is 13.2 Å². The number of carboxylic acids is 1. The molecule has 0 bridgehead atoms. The fourth-order valence-corrected chi connectivity index (χ4v) is 3.16. The molecule has 0 amide bonds. The van der Waals surface area contributed by atoms with E-state index in [4.69, 9.17) is 9.84 Å². The molecule has 120 valence electrons. The minimum Gasteiger partial charge on any atom is -0.478 e. The minimum absolute atomic E-state index is 0.0282. The highest BCUT2D eigenvalue weighted by Gasteiger charge is 2.48. The smallest absolute Gasteiger partial charge is 0.430 e. The van der Waals surface area contributed by atoms with Gasteiger partial charge in [-0.05, 0) is 29.2 Å². The summed E-state index contributed by atoms with van der Waals surface area (Å²) in [5.74, 6) is -1.62. The van der Waals surface area contributed by atoms with Crippen molar-refractivity contribution >= 4 is 28.0 Å². The first kappa shape index (κ1) is 16.9. The number of ether oxygens (including phenoxy) is 1. The number of hydrogen-bond donors (Lipinski definition) is 1. The molecule has 7 heteroatoms. The second-order valence-electron chi connectivity index (χ2n) is 6.06. The van der Waals surface area contributed by atoms with Gasteiger partial charge in [0.05, 0.1) is 5.57 Å². The maximum absolute atomic E-state index is 13.0. The van der Waals surface area contributed by atoms with Crippen LogP contribution in [0.25, 0.3) is 6.08 Å². The largest absolute Gasteiger partial charge is 0.478 e. The average Bonchev–Trinajstić information content (AvgIpc) is 2.33. The molecule has 3 nitrogen and oxygen atoms in total. The lowest BCUT2D eigenvalue weighted by molar-refractivity contribution is -0.187. The summed E-state index contributed by atoms with van der Waals surface area (Å²) in [6.45, 7) is 5.76. The summed E-state index contributed by atoms with van der Waals surface area (Å²) < 4.78 is 44.7. The van der Waals surface area contributed by atoms with Crippen molar-refractivity contribution in [2.45, 2.75) is 38.5 Å². The summed E-state index contributed by atoms with van der Waals surface area (Å²) in [6.07, 6.45) is -6.25. The van der Waals surface area contributed by atoms with Crippen LogP contribution in [0, 0.1) is 0 Å².